The maximum atomic E-state index is 11.5. The van der Waals surface area contributed by atoms with Gasteiger partial charge in [0, 0.05) is 13.2 Å². The highest BCUT2D eigenvalue weighted by molar-refractivity contribution is 5.90. The van der Waals surface area contributed by atoms with E-state index in [2.05, 4.69) is 20.5 Å². The van der Waals surface area contributed by atoms with E-state index in [9.17, 15) is 4.79 Å². The Bertz CT molecular complexity index is 330. The molecular formula is C9H14N4O2. The fourth-order valence-electron chi connectivity index (χ4n) is 1.64. The Labute approximate surface area is 87.4 Å². The molecule has 1 amide bonds. The normalized spacial score (nSPS) is 25.4. The van der Waals surface area contributed by atoms with E-state index in [1.54, 1.807) is 0 Å². The minimum absolute atomic E-state index is 0.227. The monoisotopic (exact) mass is 210 g/mol. The van der Waals surface area contributed by atoms with Gasteiger partial charge in [0.1, 0.15) is 6.33 Å². The number of H-pyrrole nitrogens is 1. The zero-order valence-corrected chi connectivity index (χ0v) is 8.62. The third kappa shape index (κ3) is 2.33. The van der Waals surface area contributed by atoms with Gasteiger partial charge in [0.15, 0.2) is 0 Å². The first-order valence-electron chi connectivity index (χ1n) is 4.97. The molecular weight excluding hydrogens is 196 g/mol. The van der Waals surface area contributed by atoms with Crippen LogP contribution in [0.3, 0.4) is 0 Å². The third-order valence-electron chi connectivity index (χ3n) is 2.55. The summed E-state index contributed by atoms with van der Waals surface area (Å²) in [5.74, 6) is -0.0131. The molecule has 1 saturated heterocycles. The lowest BCUT2D eigenvalue weighted by molar-refractivity contribution is 0.0205. The molecule has 6 nitrogen and oxygen atoms in total. The number of carbonyl (C=O) groups excluding carboxylic acids is 1. The Morgan fingerprint density at radius 3 is 3.27 bits per heavy atom. The van der Waals surface area contributed by atoms with Gasteiger partial charge in [-0.05, 0) is 19.8 Å². The SMILES string of the molecule is CC1(CNC(=O)c2ncn[nH]2)CCCO1. The zero-order valence-electron chi connectivity index (χ0n) is 8.62. The molecule has 1 atom stereocenters. The number of rotatable bonds is 3. The molecule has 2 heterocycles. The van der Waals surface area contributed by atoms with E-state index >= 15 is 0 Å². The molecule has 0 bridgehead atoms. The van der Waals surface area contributed by atoms with Gasteiger partial charge in [-0.15, -0.1) is 0 Å². The number of hydrogen-bond donors (Lipinski definition) is 2. The van der Waals surface area contributed by atoms with E-state index in [1.807, 2.05) is 6.92 Å². The lowest BCUT2D eigenvalue weighted by Gasteiger charge is -2.22. The van der Waals surface area contributed by atoms with Crippen LogP contribution in [0.4, 0.5) is 0 Å². The van der Waals surface area contributed by atoms with Crippen LogP contribution in [-0.4, -0.2) is 39.8 Å². The van der Waals surface area contributed by atoms with Crippen LogP contribution < -0.4 is 5.32 Å². The zero-order chi connectivity index (χ0) is 10.7. The summed E-state index contributed by atoms with van der Waals surface area (Å²) in [6.45, 7) is 3.28. The molecule has 82 valence electrons. The van der Waals surface area contributed by atoms with Crippen LogP contribution in [-0.2, 0) is 4.74 Å². The molecule has 6 heteroatoms. The first kappa shape index (κ1) is 10.1. The summed E-state index contributed by atoms with van der Waals surface area (Å²) in [5, 5.41) is 8.89. The number of amides is 1. The molecule has 1 aromatic rings. The largest absolute Gasteiger partial charge is 0.373 e. The molecule has 1 fully saturated rings. The smallest absolute Gasteiger partial charge is 0.288 e. The van der Waals surface area contributed by atoms with Gasteiger partial charge in [0.05, 0.1) is 5.60 Å². The van der Waals surface area contributed by atoms with E-state index < -0.39 is 0 Å². The lowest BCUT2D eigenvalue weighted by Crippen LogP contribution is -2.40. The number of hydrogen-bond acceptors (Lipinski definition) is 4. The van der Waals surface area contributed by atoms with Crippen molar-refractivity contribution >= 4 is 5.91 Å². The molecule has 1 unspecified atom stereocenters. The quantitative estimate of drug-likeness (QED) is 0.741. The van der Waals surface area contributed by atoms with Crippen molar-refractivity contribution in [2.75, 3.05) is 13.2 Å². The summed E-state index contributed by atoms with van der Waals surface area (Å²) in [7, 11) is 0. The molecule has 0 spiro atoms. The maximum absolute atomic E-state index is 11.5. The Morgan fingerprint density at radius 1 is 1.80 bits per heavy atom. The van der Waals surface area contributed by atoms with Crippen molar-refractivity contribution < 1.29 is 9.53 Å². The van der Waals surface area contributed by atoms with Gasteiger partial charge < -0.3 is 10.1 Å². The highest BCUT2D eigenvalue weighted by atomic mass is 16.5. The number of ether oxygens (including phenoxy) is 1. The van der Waals surface area contributed by atoms with Crippen LogP contribution in [0.1, 0.15) is 30.4 Å². The first-order valence-corrected chi connectivity index (χ1v) is 4.97. The van der Waals surface area contributed by atoms with E-state index in [0.717, 1.165) is 19.4 Å². The summed E-state index contributed by atoms with van der Waals surface area (Å²) in [4.78, 5) is 15.3. The van der Waals surface area contributed by atoms with Gasteiger partial charge in [0.25, 0.3) is 5.91 Å². The van der Waals surface area contributed by atoms with Crippen molar-refractivity contribution in [1.82, 2.24) is 20.5 Å². The van der Waals surface area contributed by atoms with Crippen LogP contribution >= 0.6 is 0 Å². The summed E-state index contributed by atoms with van der Waals surface area (Å²) < 4.78 is 5.55. The third-order valence-corrected chi connectivity index (χ3v) is 2.55. The van der Waals surface area contributed by atoms with Gasteiger partial charge in [-0.2, -0.15) is 5.10 Å². The summed E-state index contributed by atoms with van der Waals surface area (Å²) in [5.41, 5.74) is -0.227. The van der Waals surface area contributed by atoms with Crippen molar-refractivity contribution in [3.63, 3.8) is 0 Å². The van der Waals surface area contributed by atoms with Gasteiger partial charge in [-0.25, -0.2) is 4.98 Å². The van der Waals surface area contributed by atoms with Gasteiger partial charge in [-0.3, -0.25) is 9.89 Å². The van der Waals surface area contributed by atoms with Gasteiger partial charge in [-0.1, -0.05) is 0 Å². The molecule has 2 N–H and O–H groups in total. The number of aromatic nitrogens is 3. The Balaban J connectivity index is 1.85. The topological polar surface area (TPSA) is 79.9 Å². The average molecular weight is 210 g/mol. The lowest BCUT2D eigenvalue weighted by atomic mass is 10.0. The molecule has 1 aliphatic heterocycles. The molecule has 0 aromatic carbocycles. The number of nitrogens with zero attached hydrogens (tertiary/aromatic N) is 2. The van der Waals surface area contributed by atoms with E-state index in [4.69, 9.17) is 4.74 Å². The second-order valence-electron chi connectivity index (χ2n) is 3.92. The second-order valence-corrected chi connectivity index (χ2v) is 3.92. The molecule has 15 heavy (non-hydrogen) atoms. The fraction of sp³-hybridized carbons (Fsp3) is 0.667. The second kappa shape index (κ2) is 3.98. The van der Waals surface area contributed by atoms with Crippen LogP contribution in [0.25, 0.3) is 0 Å². The molecule has 0 saturated carbocycles. The summed E-state index contributed by atoms with van der Waals surface area (Å²) in [6.07, 6.45) is 3.33. The Morgan fingerprint density at radius 2 is 2.67 bits per heavy atom. The fourth-order valence-corrected chi connectivity index (χ4v) is 1.64. The first-order chi connectivity index (χ1) is 7.20. The minimum Gasteiger partial charge on any atom is -0.373 e. The summed E-state index contributed by atoms with van der Waals surface area (Å²) >= 11 is 0. The molecule has 0 radical (unpaired) electrons. The predicted octanol–water partition coefficient (Wildman–Crippen LogP) is 0.104. The molecule has 0 aliphatic carbocycles. The predicted molar refractivity (Wildman–Crippen MR) is 52.3 cm³/mol. The molecule has 1 aromatic heterocycles. The van der Waals surface area contributed by atoms with Crippen molar-refractivity contribution in [2.24, 2.45) is 0 Å². The van der Waals surface area contributed by atoms with Crippen LogP contribution in [0, 0.1) is 0 Å². The van der Waals surface area contributed by atoms with Crippen LogP contribution in [0.5, 0.6) is 0 Å². The van der Waals surface area contributed by atoms with Gasteiger partial charge in [0.2, 0.25) is 5.82 Å². The standard InChI is InChI=1S/C9H14N4O2/c1-9(3-2-4-15-9)5-10-8(14)7-11-6-12-13-7/h6H,2-5H2,1H3,(H,10,14)(H,11,12,13). The average Bonchev–Trinajstić information content (AvgIpc) is 2.85. The van der Waals surface area contributed by atoms with E-state index in [-0.39, 0.29) is 17.3 Å². The highest BCUT2D eigenvalue weighted by Crippen LogP contribution is 2.23. The van der Waals surface area contributed by atoms with E-state index in [0.29, 0.717) is 6.54 Å². The van der Waals surface area contributed by atoms with Crippen molar-refractivity contribution in [1.29, 1.82) is 0 Å². The van der Waals surface area contributed by atoms with Crippen molar-refractivity contribution in [3.05, 3.63) is 12.2 Å². The minimum atomic E-state index is -0.246. The van der Waals surface area contributed by atoms with Crippen LogP contribution in [0.15, 0.2) is 6.33 Å². The van der Waals surface area contributed by atoms with Crippen LogP contribution in [0.2, 0.25) is 0 Å². The molecule has 1 aliphatic rings. The maximum Gasteiger partial charge on any atom is 0.288 e. The van der Waals surface area contributed by atoms with Crippen molar-refractivity contribution in [3.8, 4) is 0 Å². The van der Waals surface area contributed by atoms with E-state index in [1.165, 1.54) is 6.33 Å². The number of aromatic amines is 1. The Kier molecular flexibility index (Phi) is 2.68. The summed E-state index contributed by atoms with van der Waals surface area (Å²) in [6, 6.07) is 0. The van der Waals surface area contributed by atoms with Crippen molar-refractivity contribution in [2.45, 2.75) is 25.4 Å². The number of carbonyl (C=O) groups is 1. The Hall–Kier alpha value is -1.43. The number of nitrogens with one attached hydrogen (secondary N) is 2. The van der Waals surface area contributed by atoms with Gasteiger partial charge >= 0.3 is 0 Å². The highest BCUT2D eigenvalue weighted by Gasteiger charge is 2.30. The molecule has 2 rings (SSSR count).